The van der Waals surface area contributed by atoms with Gasteiger partial charge >= 0.3 is 0 Å². The number of fused-ring (bicyclic) bond motifs is 3. The smallest absolute Gasteiger partial charge is 0.271 e. The molecule has 9 heteroatoms. The molecule has 0 fully saturated rings. The van der Waals surface area contributed by atoms with E-state index in [4.69, 9.17) is 16.3 Å². The third-order valence-corrected chi connectivity index (χ3v) is 6.48. The number of thiophene rings is 1. The molecule has 3 heterocycles. The first-order chi connectivity index (χ1) is 13.4. The van der Waals surface area contributed by atoms with Crippen LogP contribution in [0, 0.1) is 0 Å². The average molecular weight is 435 g/mol. The van der Waals surface area contributed by atoms with Crippen LogP contribution in [-0.4, -0.2) is 27.7 Å². The predicted molar refractivity (Wildman–Crippen MR) is 114 cm³/mol. The summed E-state index contributed by atoms with van der Waals surface area (Å²) in [4.78, 5) is 23.8. The Morgan fingerprint density at radius 3 is 2.86 bits per heavy atom. The van der Waals surface area contributed by atoms with Crippen LogP contribution in [0.15, 0.2) is 29.4 Å². The van der Waals surface area contributed by atoms with Gasteiger partial charge < -0.3 is 4.74 Å². The number of nitrogens with one attached hydrogen (secondary N) is 2. The summed E-state index contributed by atoms with van der Waals surface area (Å²) in [7, 11) is 0. The first-order valence-corrected chi connectivity index (χ1v) is 11.1. The molecule has 1 amide bonds. The quantitative estimate of drug-likeness (QED) is 0.353. The van der Waals surface area contributed by atoms with Crippen LogP contribution in [0.3, 0.4) is 0 Å². The topological polar surface area (TPSA) is 76.1 Å². The maximum atomic E-state index is 12.5. The number of hydrogen-bond donors (Lipinski definition) is 2. The molecule has 3 aromatic rings. The Labute approximate surface area is 176 Å². The van der Waals surface area contributed by atoms with E-state index in [9.17, 15) is 4.79 Å². The van der Waals surface area contributed by atoms with E-state index in [0.29, 0.717) is 28.2 Å². The Kier molecular flexibility index (Phi) is 5.22. The number of rotatable bonds is 4. The van der Waals surface area contributed by atoms with Crippen LogP contribution in [0.4, 0.5) is 5.82 Å². The maximum Gasteiger partial charge on any atom is 0.271 e. The SMILES string of the molecule is CSc1nc(NNC(=O)c2ccccc2Cl)c2c3c(sc2n1)COC(C)(C)C3. The van der Waals surface area contributed by atoms with E-state index in [1.165, 1.54) is 17.3 Å². The number of aromatic nitrogens is 2. The van der Waals surface area contributed by atoms with Crippen molar-refractivity contribution in [2.45, 2.75) is 37.6 Å². The van der Waals surface area contributed by atoms with Gasteiger partial charge in [0.2, 0.25) is 0 Å². The second-order valence-electron chi connectivity index (χ2n) is 7.03. The number of ether oxygens (including phenoxy) is 1. The van der Waals surface area contributed by atoms with Crippen molar-refractivity contribution >= 4 is 56.6 Å². The van der Waals surface area contributed by atoms with Crippen LogP contribution >= 0.6 is 34.7 Å². The summed E-state index contributed by atoms with van der Waals surface area (Å²) < 4.78 is 5.94. The first kappa shape index (κ1) is 19.4. The van der Waals surface area contributed by atoms with Crippen molar-refractivity contribution < 1.29 is 9.53 Å². The summed E-state index contributed by atoms with van der Waals surface area (Å²) in [5.41, 5.74) is 7.04. The van der Waals surface area contributed by atoms with Gasteiger partial charge in [0.15, 0.2) is 11.0 Å². The van der Waals surface area contributed by atoms with Crippen molar-refractivity contribution in [3.8, 4) is 0 Å². The van der Waals surface area contributed by atoms with Gasteiger partial charge in [0, 0.05) is 11.3 Å². The van der Waals surface area contributed by atoms with E-state index in [0.717, 1.165) is 21.5 Å². The summed E-state index contributed by atoms with van der Waals surface area (Å²) in [6.07, 6.45) is 2.68. The van der Waals surface area contributed by atoms with E-state index in [1.807, 2.05) is 6.26 Å². The third kappa shape index (κ3) is 3.69. The molecule has 6 nitrogen and oxygen atoms in total. The summed E-state index contributed by atoms with van der Waals surface area (Å²) >= 11 is 9.19. The maximum absolute atomic E-state index is 12.5. The summed E-state index contributed by atoms with van der Waals surface area (Å²) in [5, 5.41) is 1.97. The van der Waals surface area contributed by atoms with E-state index in [-0.39, 0.29) is 11.5 Å². The molecule has 0 bridgehead atoms. The Morgan fingerprint density at radius 1 is 1.32 bits per heavy atom. The summed E-state index contributed by atoms with van der Waals surface area (Å²) in [6, 6.07) is 6.91. The Balaban J connectivity index is 1.70. The number of hydrazine groups is 1. The minimum absolute atomic E-state index is 0.253. The number of nitrogens with zero attached hydrogens (tertiary/aromatic N) is 2. The van der Waals surface area contributed by atoms with Crippen LogP contribution in [0.5, 0.6) is 0 Å². The van der Waals surface area contributed by atoms with Crippen LogP contribution in [0.25, 0.3) is 10.2 Å². The highest BCUT2D eigenvalue weighted by atomic mass is 35.5. The number of anilines is 1. The number of amides is 1. The molecule has 2 aromatic heterocycles. The lowest BCUT2D eigenvalue weighted by molar-refractivity contribution is -0.0379. The Hall–Kier alpha value is -1.87. The molecule has 0 atom stereocenters. The first-order valence-electron chi connectivity index (χ1n) is 8.69. The minimum atomic E-state index is -0.323. The molecule has 2 N–H and O–H groups in total. The monoisotopic (exact) mass is 434 g/mol. The Morgan fingerprint density at radius 2 is 2.11 bits per heavy atom. The molecule has 4 rings (SSSR count). The summed E-state index contributed by atoms with van der Waals surface area (Å²) in [6.45, 7) is 4.70. The molecule has 146 valence electrons. The van der Waals surface area contributed by atoms with Crippen molar-refractivity contribution in [2.75, 3.05) is 11.7 Å². The highest BCUT2D eigenvalue weighted by Gasteiger charge is 2.31. The number of carbonyl (C=O) groups excluding carboxylic acids is 1. The molecule has 0 spiro atoms. The van der Waals surface area contributed by atoms with Gasteiger partial charge in [-0.15, -0.1) is 11.3 Å². The lowest BCUT2D eigenvalue weighted by Crippen LogP contribution is -2.32. The molecule has 0 saturated heterocycles. The van der Waals surface area contributed by atoms with Gasteiger partial charge in [-0.1, -0.05) is 35.5 Å². The highest BCUT2D eigenvalue weighted by molar-refractivity contribution is 7.98. The highest BCUT2D eigenvalue weighted by Crippen LogP contribution is 2.41. The van der Waals surface area contributed by atoms with Gasteiger partial charge in [-0.3, -0.25) is 15.6 Å². The second kappa shape index (κ2) is 7.51. The normalized spacial score (nSPS) is 15.3. The fourth-order valence-corrected chi connectivity index (χ4v) is 4.88. The lowest BCUT2D eigenvalue weighted by atomic mass is 9.94. The minimum Gasteiger partial charge on any atom is -0.370 e. The summed E-state index contributed by atoms with van der Waals surface area (Å²) in [5.74, 6) is 0.265. The predicted octanol–water partition coefficient (Wildman–Crippen LogP) is 4.67. The van der Waals surface area contributed by atoms with Crippen molar-refractivity contribution in [3.63, 3.8) is 0 Å². The van der Waals surface area contributed by atoms with Gasteiger partial charge in [0.25, 0.3) is 5.91 Å². The fourth-order valence-electron chi connectivity index (χ4n) is 3.14. The fraction of sp³-hybridized carbons (Fsp3) is 0.316. The van der Waals surface area contributed by atoms with Crippen molar-refractivity contribution in [3.05, 3.63) is 45.3 Å². The zero-order valence-electron chi connectivity index (χ0n) is 15.6. The molecule has 0 radical (unpaired) electrons. The molecular formula is C19H19ClN4O2S2. The van der Waals surface area contributed by atoms with Gasteiger partial charge in [-0.2, -0.15) is 0 Å². The molecule has 1 aromatic carbocycles. The zero-order chi connectivity index (χ0) is 19.9. The van der Waals surface area contributed by atoms with Crippen LogP contribution in [0.2, 0.25) is 5.02 Å². The van der Waals surface area contributed by atoms with Crippen LogP contribution in [0.1, 0.15) is 34.6 Å². The van der Waals surface area contributed by atoms with E-state index in [1.54, 1.807) is 35.6 Å². The molecule has 1 aliphatic rings. The van der Waals surface area contributed by atoms with Gasteiger partial charge in [0.1, 0.15) is 4.83 Å². The number of thioether (sulfide) groups is 1. The largest absolute Gasteiger partial charge is 0.370 e. The van der Waals surface area contributed by atoms with Crippen molar-refractivity contribution in [2.24, 2.45) is 0 Å². The molecular weight excluding hydrogens is 416 g/mol. The lowest BCUT2D eigenvalue weighted by Gasteiger charge is -2.30. The van der Waals surface area contributed by atoms with Crippen LogP contribution < -0.4 is 10.9 Å². The molecule has 1 aliphatic heterocycles. The van der Waals surface area contributed by atoms with Gasteiger partial charge in [0.05, 0.1) is 28.2 Å². The molecule has 0 unspecified atom stereocenters. The molecule has 28 heavy (non-hydrogen) atoms. The Bertz CT molecular complexity index is 1070. The number of benzene rings is 1. The van der Waals surface area contributed by atoms with E-state index in [2.05, 4.69) is 34.7 Å². The molecule has 0 aliphatic carbocycles. The van der Waals surface area contributed by atoms with E-state index >= 15 is 0 Å². The zero-order valence-corrected chi connectivity index (χ0v) is 18.0. The third-order valence-electron chi connectivity index (χ3n) is 4.51. The van der Waals surface area contributed by atoms with Gasteiger partial charge in [-0.05, 0) is 37.8 Å². The number of carbonyl (C=O) groups is 1. The number of halogens is 1. The second-order valence-corrected chi connectivity index (χ2v) is 9.29. The van der Waals surface area contributed by atoms with Crippen molar-refractivity contribution in [1.82, 2.24) is 15.4 Å². The van der Waals surface area contributed by atoms with Gasteiger partial charge in [-0.25, -0.2) is 9.97 Å². The standard InChI is InChI=1S/C19H19ClN4O2S2/c1-19(2)8-11-13(9-26-19)28-17-14(11)15(21-18(22-17)27-3)23-24-16(25)10-6-4-5-7-12(10)20/h4-7H,8-9H2,1-3H3,(H,24,25)(H,21,22,23). The molecule has 0 saturated carbocycles. The van der Waals surface area contributed by atoms with Crippen LogP contribution in [-0.2, 0) is 17.8 Å². The van der Waals surface area contributed by atoms with Crippen molar-refractivity contribution in [1.29, 1.82) is 0 Å². The van der Waals surface area contributed by atoms with E-state index < -0.39 is 0 Å². The number of hydrogen-bond acceptors (Lipinski definition) is 7. The average Bonchev–Trinajstić information content (AvgIpc) is 3.02.